The zero-order chi connectivity index (χ0) is 14.3. The SMILES string of the molecule is C=CCNC(=S)N/N=C(/C)c1ccc(C(C)C)cc1. The van der Waals surface area contributed by atoms with Crippen LogP contribution in [-0.2, 0) is 0 Å². The third kappa shape index (κ3) is 5.22. The molecule has 0 atom stereocenters. The van der Waals surface area contributed by atoms with Crippen LogP contribution in [0.2, 0.25) is 0 Å². The molecule has 1 rings (SSSR count). The summed E-state index contributed by atoms with van der Waals surface area (Å²) in [6, 6.07) is 8.42. The first kappa shape index (κ1) is 15.4. The Morgan fingerprint density at radius 1 is 1.37 bits per heavy atom. The molecule has 0 spiro atoms. The van der Waals surface area contributed by atoms with Crippen molar-refractivity contribution in [3.63, 3.8) is 0 Å². The predicted octanol–water partition coefficient (Wildman–Crippen LogP) is 3.18. The Morgan fingerprint density at radius 3 is 2.53 bits per heavy atom. The monoisotopic (exact) mass is 275 g/mol. The maximum absolute atomic E-state index is 5.07. The highest BCUT2D eigenvalue weighted by Gasteiger charge is 2.01. The molecule has 0 heterocycles. The average molecular weight is 275 g/mol. The minimum Gasteiger partial charge on any atom is -0.358 e. The van der Waals surface area contributed by atoms with Crippen molar-refractivity contribution in [3.8, 4) is 0 Å². The summed E-state index contributed by atoms with van der Waals surface area (Å²) in [7, 11) is 0. The smallest absolute Gasteiger partial charge is 0.187 e. The molecule has 0 aliphatic carbocycles. The van der Waals surface area contributed by atoms with Crippen molar-refractivity contribution in [1.82, 2.24) is 10.7 Å². The lowest BCUT2D eigenvalue weighted by molar-refractivity contribution is 0.866. The van der Waals surface area contributed by atoms with Gasteiger partial charge in [-0.15, -0.1) is 6.58 Å². The van der Waals surface area contributed by atoms with Crippen molar-refractivity contribution in [2.75, 3.05) is 6.54 Å². The van der Waals surface area contributed by atoms with E-state index in [-0.39, 0.29) is 0 Å². The molecular weight excluding hydrogens is 254 g/mol. The lowest BCUT2D eigenvalue weighted by Gasteiger charge is -2.08. The van der Waals surface area contributed by atoms with Crippen LogP contribution in [0.4, 0.5) is 0 Å². The first-order chi connectivity index (χ1) is 9.04. The highest BCUT2D eigenvalue weighted by Crippen LogP contribution is 2.14. The number of thiocarbonyl (C=S) groups is 1. The number of nitrogens with one attached hydrogen (secondary N) is 2. The number of benzene rings is 1. The average Bonchev–Trinajstić information content (AvgIpc) is 2.42. The van der Waals surface area contributed by atoms with E-state index in [0.29, 0.717) is 17.6 Å². The zero-order valence-corrected chi connectivity index (χ0v) is 12.6. The Bertz CT molecular complexity index is 461. The third-order valence-electron chi connectivity index (χ3n) is 2.73. The van der Waals surface area contributed by atoms with Crippen molar-refractivity contribution in [3.05, 3.63) is 48.0 Å². The summed E-state index contributed by atoms with van der Waals surface area (Å²) in [4.78, 5) is 0. The first-order valence-electron chi connectivity index (χ1n) is 6.34. The van der Waals surface area contributed by atoms with E-state index in [4.69, 9.17) is 12.2 Å². The van der Waals surface area contributed by atoms with Crippen LogP contribution in [0, 0.1) is 0 Å². The van der Waals surface area contributed by atoms with Gasteiger partial charge in [0.1, 0.15) is 0 Å². The predicted molar refractivity (Wildman–Crippen MR) is 86.7 cm³/mol. The Morgan fingerprint density at radius 2 is 2.00 bits per heavy atom. The van der Waals surface area contributed by atoms with Gasteiger partial charge in [-0.3, -0.25) is 5.43 Å². The third-order valence-corrected chi connectivity index (χ3v) is 2.96. The molecule has 0 saturated carbocycles. The number of hydrogen-bond donors (Lipinski definition) is 2. The first-order valence-corrected chi connectivity index (χ1v) is 6.74. The number of hydrazone groups is 1. The summed E-state index contributed by atoms with van der Waals surface area (Å²) in [5.74, 6) is 0.542. The van der Waals surface area contributed by atoms with E-state index in [1.54, 1.807) is 6.08 Å². The van der Waals surface area contributed by atoms with E-state index in [1.165, 1.54) is 5.56 Å². The maximum atomic E-state index is 5.07. The lowest BCUT2D eigenvalue weighted by Crippen LogP contribution is -2.32. The number of hydrogen-bond acceptors (Lipinski definition) is 2. The standard InChI is InChI=1S/C15H21N3S/c1-5-10-16-15(19)18-17-12(4)14-8-6-13(7-9-14)11(2)3/h5-9,11H,1,10H2,2-4H3,(H2,16,18,19)/b17-12-. The van der Waals surface area contributed by atoms with Crippen molar-refractivity contribution in [1.29, 1.82) is 0 Å². The summed E-state index contributed by atoms with van der Waals surface area (Å²) >= 11 is 5.07. The molecule has 1 aromatic carbocycles. The molecule has 2 N–H and O–H groups in total. The second-order valence-corrected chi connectivity index (χ2v) is 4.99. The Labute approximate surface area is 120 Å². The molecule has 0 fully saturated rings. The van der Waals surface area contributed by atoms with Crippen molar-refractivity contribution >= 4 is 23.0 Å². The molecule has 4 heteroatoms. The largest absolute Gasteiger partial charge is 0.358 e. The summed E-state index contributed by atoms with van der Waals surface area (Å²) in [6.45, 7) is 10.6. The van der Waals surface area contributed by atoms with E-state index in [9.17, 15) is 0 Å². The van der Waals surface area contributed by atoms with Crippen LogP contribution >= 0.6 is 12.2 Å². The van der Waals surface area contributed by atoms with E-state index < -0.39 is 0 Å². The summed E-state index contributed by atoms with van der Waals surface area (Å²) < 4.78 is 0. The topological polar surface area (TPSA) is 36.4 Å². The molecule has 102 valence electrons. The van der Waals surface area contributed by atoms with E-state index in [1.807, 2.05) is 6.92 Å². The van der Waals surface area contributed by atoms with Crippen molar-refractivity contribution in [2.24, 2.45) is 5.10 Å². The van der Waals surface area contributed by atoms with Crippen LogP contribution in [0.15, 0.2) is 42.0 Å². The molecule has 0 aliphatic heterocycles. The van der Waals surface area contributed by atoms with Crippen LogP contribution in [0.5, 0.6) is 0 Å². The van der Waals surface area contributed by atoms with Gasteiger partial charge < -0.3 is 5.32 Å². The van der Waals surface area contributed by atoms with E-state index >= 15 is 0 Å². The van der Waals surface area contributed by atoms with Crippen LogP contribution < -0.4 is 10.7 Å². The van der Waals surface area contributed by atoms with E-state index in [2.05, 4.69) is 60.5 Å². The summed E-state index contributed by atoms with van der Waals surface area (Å²) in [6.07, 6.45) is 1.75. The van der Waals surface area contributed by atoms with Gasteiger partial charge >= 0.3 is 0 Å². The van der Waals surface area contributed by atoms with E-state index in [0.717, 1.165) is 11.3 Å². The van der Waals surface area contributed by atoms with Crippen LogP contribution in [-0.4, -0.2) is 17.4 Å². The molecule has 0 bridgehead atoms. The van der Waals surface area contributed by atoms with Gasteiger partial charge in [0.05, 0.1) is 5.71 Å². The normalized spacial score (nSPS) is 11.3. The molecule has 3 nitrogen and oxygen atoms in total. The molecule has 0 aliphatic rings. The quantitative estimate of drug-likeness (QED) is 0.375. The highest BCUT2D eigenvalue weighted by molar-refractivity contribution is 7.80. The lowest BCUT2D eigenvalue weighted by atomic mass is 10.0. The molecule has 1 aromatic rings. The summed E-state index contributed by atoms with van der Waals surface area (Å²) in [5, 5.41) is 7.71. The van der Waals surface area contributed by atoms with Gasteiger partial charge in [0.15, 0.2) is 5.11 Å². The molecule has 0 aromatic heterocycles. The Hall–Kier alpha value is -1.68. The second-order valence-electron chi connectivity index (χ2n) is 4.58. The fraction of sp³-hybridized carbons (Fsp3) is 0.333. The molecule has 0 unspecified atom stereocenters. The molecule has 19 heavy (non-hydrogen) atoms. The minimum absolute atomic E-state index is 0.498. The minimum atomic E-state index is 0.498. The fourth-order valence-corrected chi connectivity index (χ4v) is 1.64. The number of rotatable bonds is 5. The molecule has 0 amide bonds. The van der Waals surface area contributed by atoms with Gasteiger partial charge in [-0.05, 0) is 36.2 Å². The van der Waals surface area contributed by atoms with Gasteiger partial charge in [-0.1, -0.05) is 44.2 Å². The second kappa shape index (κ2) is 7.69. The molecule has 0 radical (unpaired) electrons. The molecule has 0 saturated heterocycles. The van der Waals surface area contributed by atoms with Crippen molar-refractivity contribution in [2.45, 2.75) is 26.7 Å². The fourth-order valence-electron chi connectivity index (χ4n) is 1.51. The van der Waals surface area contributed by atoms with Gasteiger partial charge in [-0.25, -0.2) is 0 Å². The van der Waals surface area contributed by atoms with Crippen LogP contribution in [0.3, 0.4) is 0 Å². The van der Waals surface area contributed by atoms with Gasteiger partial charge in [0.2, 0.25) is 0 Å². The maximum Gasteiger partial charge on any atom is 0.187 e. The van der Waals surface area contributed by atoms with Gasteiger partial charge in [0, 0.05) is 6.54 Å². The van der Waals surface area contributed by atoms with Crippen molar-refractivity contribution < 1.29 is 0 Å². The van der Waals surface area contributed by atoms with Crippen LogP contribution in [0.25, 0.3) is 0 Å². The number of nitrogens with zero attached hydrogens (tertiary/aromatic N) is 1. The summed E-state index contributed by atoms with van der Waals surface area (Å²) in [5.41, 5.74) is 6.13. The zero-order valence-electron chi connectivity index (χ0n) is 11.7. The van der Waals surface area contributed by atoms with Gasteiger partial charge in [-0.2, -0.15) is 5.10 Å². The van der Waals surface area contributed by atoms with Gasteiger partial charge in [0.25, 0.3) is 0 Å². The Balaban J connectivity index is 2.63. The van der Waals surface area contributed by atoms with Crippen LogP contribution in [0.1, 0.15) is 37.8 Å². The molecular formula is C15H21N3S. The Kier molecular flexibility index (Phi) is 6.22. The highest BCUT2D eigenvalue weighted by atomic mass is 32.1.